The van der Waals surface area contributed by atoms with Crippen LogP contribution < -0.4 is 16.0 Å². The smallest absolute Gasteiger partial charge is 0.409 e. The lowest BCUT2D eigenvalue weighted by molar-refractivity contribution is -0.114. The first-order valence-corrected chi connectivity index (χ1v) is 9.88. The number of nitrogens with one attached hydrogen (secondary N) is 3. The molecule has 0 radical (unpaired) electrons. The number of anilines is 1. The number of carbonyl (C=O) groups excluding carboxylic acids is 2. The fourth-order valence-electron chi connectivity index (χ4n) is 2.97. The molecule has 0 saturated carbocycles. The third kappa shape index (κ3) is 7.37. The van der Waals surface area contributed by atoms with E-state index in [2.05, 4.69) is 26.9 Å². The first-order chi connectivity index (χ1) is 14.0. The van der Waals surface area contributed by atoms with Crippen LogP contribution in [-0.2, 0) is 9.53 Å². The van der Waals surface area contributed by atoms with Crippen molar-refractivity contribution < 1.29 is 14.3 Å². The minimum absolute atomic E-state index is 0.0166. The van der Waals surface area contributed by atoms with Gasteiger partial charge >= 0.3 is 6.09 Å². The summed E-state index contributed by atoms with van der Waals surface area (Å²) in [6.07, 6.45) is 6.69. The van der Waals surface area contributed by atoms with Crippen LogP contribution in [0.3, 0.4) is 0 Å². The molecule has 8 heteroatoms. The fourth-order valence-corrected chi connectivity index (χ4v) is 2.97. The highest BCUT2D eigenvalue weighted by Gasteiger charge is 2.24. The van der Waals surface area contributed by atoms with E-state index in [-0.39, 0.29) is 24.6 Å². The second-order valence-corrected chi connectivity index (χ2v) is 6.57. The lowest BCUT2D eigenvalue weighted by Crippen LogP contribution is -2.50. The van der Waals surface area contributed by atoms with Crippen LogP contribution in [0.4, 0.5) is 10.5 Å². The molecule has 3 N–H and O–H groups in total. The molecule has 0 aromatic heterocycles. The maximum Gasteiger partial charge on any atom is 0.409 e. The molecular weight excluding hydrogens is 370 g/mol. The molecule has 156 valence electrons. The van der Waals surface area contributed by atoms with Crippen LogP contribution >= 0.6 is 0 Å². The zero-order valence-electron chi connectivity index (χ0n) is 17.0. The van der Waals surface area contributed by atoms with Crippen molar-refractivity contribution in [1.29, 1.82) is 0 Å². The summed E-state index contributed by atoms with van der Waals surface area (Å²) < 4.78 is 5.04. The zero-order chi connectivity index (χ0) is 21.1. The van der Waals surface area contributed by atoms with E-state index in [9.17, 15) is 9.59 Å². The Bertz CT molecular complexity index is 764. The SMILES string of the molecule is C#Cc1cccc(NC(=O)CN=C(NCC)NC2CCN(C(=O)OCC)CC2)c1. The highest BCUT2D eigenvalue weighted by atomic mass is 16.6. The Morgan fingerprint density at radius 2 is 2.07 bits per heavy atom. The lowest BCUT2D eigenvalue weighted by Gasteiger charge is -2.32. The number of nitrogens with zero attached hydrogens (tertiary/aromatic N) is 2. The zero-order valence-corrected chi connectivity index (χ0v) is 17.0. The van der Waals surface area contributed by atoms with Gasteiger partial charge < -0.3 is 25.6 Å². The fraction of sp³-hybridized carbons (Fsp3) is 0.476. The van der Waals surface area contributed by atoms with Crippen LogP contribution in [-0.4, -0.2) is 61.7 Å². The van der Waals surface area contributed by atoms with Gasteiger partial charge in [-0.15, -0.1) is 6.42 Å². The first kappa shape index (κ1) is 22.1. The first-order valence-electron chi connectivity index (χ1n) is 9.88. The number of hydrogen-bond acceptors (Lipinski definition) is 4. The minimum Gasteiger partial charge on any atom is -0.450 e. The van der Waals surface area contributed by atoms with Crippen molar-refractivity contribution in [1.82, 2.24) is 15.5 Å². The number of likely N-dealkylation sites (tertiary alicyclic amines) is 1. The third-order valence-corrected chi connectivity index (χ3v) is 4.40. The maximum atomic E-state index is 12.2. The second kappa shape index (κ2) is 11.6. The van der Waals surface area contributed by atoms with E-state index in [1.54, 1.807) is 36.1 Å². The van der Waals surface area contributed by atoms with Crippen molar-refractivity contribution in [2.45, 2.75) is 32.7 Å². The number of hydrogen-bond donors (Lipinski definition) is 3. The molecule has 1 fully saturated rings. The largest absolute Gasteiger partial charge is 0.450 e. The standard InChI is InChI=1S/C21H29N5O3/c1-4-16-8-7-9-18(14-16)24-19(27)15-23-20(22-5-2)25-17-10-12-26(13-11-17)21(28)29-6-3/h1,7-9,14,17H,5-6,10-13,15H2,2-3H3,(H,24,27)(H2,22,23,25). The van der Waals surface area contributed by atoms with Gasteiger partial charge in [-0.1, -0.05) is 12.0 Å². The van der Waals surface area contributed by atoms with Gasteiger partial charge in [-0.25, -0.2) is 9.79 Å². The second-order valence-electron chi connectivity index (χ2n) is 6.57. The monoisotopic (exact) mass is 399 g/mol. The van der Waals surface area contributed by atoms with Crippen molar-refractivity contribution in [3.8, 4) is 12.3 Å². The van der Waals surface area contributed by atoms with Crippen LogP contribution in [0.1, 0.15) is 32.3 Å². The van der Waals surface area contributed by atoms with Gasteiger partial charge in [0.1, 0.15) is 6.54 Å². The van der Waals surface area contributed by atoms with Gasteiger partial charge in [0.2, 0.25) is 5.91 Å². The van der Waals surface area contributed by atoms with Gasteiger partial charge in [0.25, 0.3) is 0 Å². The lowest BCUT2D eigenvalue weighted by atomic mass is 10.1. The normalized spacial score (nSPS) is 14.7. The molecule has 1 aliphatic rings. The molecule has 0 unspecified atom stereocenters. The van der Waals surface area contributed by atoms with E-state index in [1.165, 1.54) is 0 Å². The van der Waals surface area contributed by atoms with Crippen LogP contribution in [0.15, 0.2) is 29.3 Å². The highest BCUT2D eigenvalue weighted by Crippen LogP contribution is 2.12. The van der Waals surface area contributed by atoms with E-state index in [4.69, 9.17) is 11.2 Å². The predicted octanol–water partition coefficient (Wildman–Crippen LogP) is 1.78. The number of amides is 2. The molecule has 0 bridgehead atoms. The molecule has 0 spiro atoms. The third-order valence-electron chi connectivity index (χ3n) is 4.40. The van der Waals surface area contributed by atoms with Crippen LogP contribution in [0.2, 0.25) is 0 Å². The molecule has 8 nitrogen and oxygen atoms in total. The van der Waals surface area contributed by atoms with Crippen LogP contribution in [0, 0.1) is 12.3 Å². The summed E-state index contributed by atoms with van der Waals surface area (Å²) in [6, 6.07) is 7.29. The molecular formula is C21H29N5O3. The van der Waals surface area contributed by atoms with Gasteiger partial charge in [0.05, 0.1) is 6.61 Å². The van der Waals surface area contributed by atoms with E-state index in [1.807, 2.05) is 6.92 Å². The van der Waals surface area contributed by atoms with Crippen molar-refractivity contribution in [3.05, 3.63) is 29.8 Å². The van der Waals surface area contributed by atoms with Gasteiger partial charge in [-0.3, -0.25) is 4.79 Å². The number of carbonyl (C=O) groups is 2. The Balaban J connectivity index is 1.85. The summed E-state index contributed by atoms with van der Waals surface area (Å²) in [5.74, 6) is 2.89. The number of benzene rings is 1. The summed E-state index contributed by atoms with van der Waals surface area (Å²) in [5, 5.41) is 9.28. The molecule has 2 rings (SSSR count). The summed E-state index contributed by atoms with van der Waals surface area (Å²) in [6.45, 7) is 6.06. The van der Waals surface area contributed by atoms with Gasteiger partial charge in [0, 0.05) is 36.9 Å². The van der Waals surface area contributed by atoms with E-state index in [0.29, 0.717) is 43.5 Å². The van der Waals surface area contributed by atoms with Gasteiger partial charge in [-0.05, 0) is 44.9 Å². The van der Waals surface area contributed by atoms with Crippen molar-refractivity contribution >= 4 is 23.6 Å². The number of rotatable bonds is 6. The Labute approximate surface area is 172 Å². The number of piperidine rings is 1. The summed E-state index contributed by atoms with van der Waals surface area (Å²) >= 11 is 0. The quantitative estimate of drug-likeness (QED) is 0.385. The highest BCUT2D eigenvalue weighted by molar-refractivity contribution is 5.94. The molecule has 0 atom stereocenters. The van der Waals surface area contributed by atoms with Gasteiger partial charge in [0.15, 0.2) is 5.96 Å². The molecule has 1 aromatic rings. The number of terminal acetylenes is 1. The molecule has 2 amide bonds. The van der Waals surface area contributed by atoms with Crippen molar-refractivity contribution in [3.63, 3.8) is 0 Å². The molecule has 0 aliphatic carbocycles. The Kier molecular flexibility index (Phi) is 8.83. The topological polar surface area (TPSA) is 95.1 Å². The summed E-state index contributed by atoms with van der Waals surface area (Å²) in [5.41, 5.74) is 1.35. The Morgan fingerprint density at radius 1 is 1.31 bits per heavy atom. The van der Waals surface area contributed by atoms with Crippen LogP contribution in [0.5, 0.6) is 0 Å². The molecule has 1 saturated heterocycles. The average Bonchev–Trinajstić information content (AvgIpc) is 2.73. The van der Waals surface area contributed by atoms with E-state index < -0.39 is 0 Å². The molecule has 1 aliphatic heterocycles. The molecule has 1 aromatic carbocycles. The summed E-state index contributed by atoms with van der Waals surface area (Å²) in [4.78, 5) is 30.1. The van der Waals surface area contributed by atoms with Crippen molar-refractivity contribution in [2.24, 2.45) is 4.99 Å². The van der Waals surface area contributed by atoms with Crippen molar-refractivity contribution in [2.75, 3.05) is 38.1 Å². The van der Waals surface area contributed by atoms with Crippen LogP contribution in [0.25, 0.3) is 0 Å². The Hall–Kier alpha value is -3.21. The van der Waals surface area contributed by atoms with E-state index >= 15 is 0 Å². The Morgan fingerprint density at radius 3 is 2.72 bits per heavy atom. The van der Waals surface area contributed by atoms with Gasteiger partial charge in [-0.2, -0.15) is 0 Å². The van der Waals surface area contributed by atoms with E-state index in [0.717, 1.165) is 12.8 Å². The average molecular weight is 399 g/mol. The molecule has 29 heavy (non-hydrogen) atoms. The number of guanidine groups is 1. The summed E-state index contributed by atoms with van der Waals surface area (Å²) in [7, 11) is 0. The maximum absolute atomic E-state index is 12.2. The number of aliphatic imine (C=N–C) groups is 1. The number of ether oxygens (including phenoxy) is 1. The molecule has 1 heterocycles. The predicted molar refractivity (Wildman–Crippen MR) is 114 cm³/mol. The minimum atomic E-state index is -0.267.